The van der Waals surface area contributed by atoms with E-state index in [2.05, 4.69) is 10.3 Å². The van der Waals surface area contributed by atoms with E-state index in [-0.39, 0.29) is 25.0 Å². The van der Waals surface area contributed by atoms with E-state index < -0.39 is 11.4 Å². The van der Waals surface area contributed by atoms with Gasteiger partial charge < -0.3 is 19.9 Å². The Kier molecular flexibility index (Phi) is 4.06. The summed E-state index contributed by atoms with van der Waals surface area (Å²) < 4.78 is 1.92. The third-order valence-electron chi connectivity index (χ3n) is 5.92. The van der Waals surface area contributed by atoms with Gasteiger partial charge in [-0.3, -0.25) is 4.79 Å². The van der Waals surface area contributed by atoms with Gasteiger partial charge in [0.25, 0.3) is 0 Å². The number of halogens is 1. The summed E-state index contributed by atoms with van der Waals surface area (Å²) in [6.45, 7) is 1.08. The number of nitrogens with zero attached hydrogens (tertiary/aromatic N) is 3. The molecule has 1 saturated carbocycles. The number of hydrogen-bond acceptors (Lipinski definition) is 3. The molecule has 1 aromatic heterocycles. The lowest BCUT2D eigenvalue weighted by molar-refractivity contribution is -0.149. The van der Waals surface area contributed by atoms with Gasteiger partial charge >= 0.3 is 12.0 Å². The maximum absolute atomic E-state index is 12.6. The van der Waals surface area contributed by atoms with E-state index in [1.54, 1.807) is 11.0 Å². The van der Waals surface area contributed by atoms with Crippen molar-refractivity contribution in [1.82, 2.24) is 19.8 Å². The van der Waals surface area contributed by atoms with Gasteiger partial charge in [-0.2, -0.15) is 0 Å². The SMILES string of the molecule is Cn1c(CNC(=O)N2C[C@@H]3CCC[C@@]3(C(=O)O)C2)nc2cc(Cl)ccc21. The van der Waals surface area contributed by atoms with Crippen LogP contribution in [0.5, 0.6) is 0 Å². The monoisotopic (exact) mass is 376 g/mol. The number of nitrogens with one attached hydrogen (secondary N) is 1. The molecule has 2 atom stereocenters. The second kappa shape index (κ2) is 6.16. The third-order valence-corrected chi connectivity index (χ3v) is 6.15. The van der Waals surface area contributed by atoms with Gasteiger partial charge in [-0.15, -0.1) is 0 Å². The van der Waals surface area contributed by atoms with Crippen molar-refractivity contribution < 1.29 is 14.7 Å². The normalized spacial score (nSPS) is 24.8. The summed E-state index contributed by atoms with van der Waals surface area (Å²) in [6.07, 6.45) is 2.46. The van der Waals surface area contributed by atoms with Crippen LogP contribution in [-0.4, -0.2) is 44.6 Å². The molecule has 0 spiro atoms. The number of urea groups is 1. The van der Waals surface area contributed by atoms with Crippen LogP contribution in [0.3, 0.4) is 0 Å². The summed E-state index contributed by atoms with van der Waals surface area (Å²) in [4.78, 5) is 30.5. The largest absolute Gasteiger partial charge is 0.481 e. The molecule has 7 nitrogen and oxygen atoms in total. The Balaban J connectivity index is 1.45. The number of fused-ring (bicyclic) bond motifs is 2. The van der Waals surface area contributed by atoms with Crippen LogP contribution in [0, 0.1) is 11.3 Å². The van der Waals surface area contributed by atoms with Crippen LogP contribution in [-0.2, 0) is 18.4 Å². The van der Waals surface area contributed by atoms with Crippen molar-refractivity contribution in [2.75, 3.05) is 13.1 Å². The molecule has 1 aromatic carbocycles. The van der Waals surface area contributed by atoms with Crippen LogP contribution < -0.4 is 5.32 Å². The predicted octanol–water partition coefficient (Wildman–Crippen LogP) is 2.62. The molecule has 2 aliphatic rings. The van der Waals surface area contributed by atoms with Crippen molar-refractivity contribution in [1.29, 1.82) is 0 Å². The average Bonchev–Trinajstić information content (AvgIpc) is 3.24. The molecule has 8 heteroatoms. The van der Waals surface area contributed by atoms with Crippen LogP contribution in [0.25, 0.3) is 11.0 Å². The standard InChI is InChI=1S/C18H21ClN4O3/c1-22-14-5-4-12(19)7-13(14)21-15(22)8-20-17(26)23-9-11-3-2-6-18(11,10-23)16(24)25/h4-5,7,11H,2-3,6,8-10H2,1H3,(H,20,26)(H,24,25)/t11-,18+/m0/s1. The van der Waals surface area contributed by atoms with Gasteiger partial charge in [-0.25, -0.2) is 9.78 Å². The first-order valence-corrected chi connectivity index (χ1v) is 9.15. The number of amides is 2. The second-order valence-electron chi connectivity index (χ2n) is 7.31. The molecule has 0 bridgehead atoms. The number of carboxylic acid groups (broad SMARTS) is 1. The van der Waals surface area contributed by atoms with Gasteiger partial charge in [0, 0.05) is 25.2 Å². The average molecular weight is 377 g/mol. The number of aliphatic carboxylic acids is 1. The van der Waals surface area contributed by atoms with E-state index in [9.17, 15) is 14.7 Å². The van der Waals surface area contributed by atoms with Crippen molar-refractivity contribution in [3.63, 3.8) is 0 Å². The molecule has 2 amide bonds. The second-order valence-corrected chi connectivity index (χ2v) is 7.75. The summed E-state index contributed by atoms with van der Waals surface area (Å²) >= 11 is 6.01. The number of aryl methyl sites for hydroxylation is 1. The van der Waals surface area contributed by atoms with Crippen LogP contribution >= 0.6 is 11.6 Å². The fraction of sp³-hybridized carbons (Fsp3) is 0.500. The Morgan fingerprint density at radius 2 is 2.27 bits per heavy atom. The number of rotatable bonds is 3. The number of imidazole rings is 1. The molecule has 4 rings (SSSR count). The lowest BCUT2D eigenvalue weighted by Crippen LogP contribution is -2.41. The highest BCUT2D eigenvalue weighted by molar-refractivity contribution is 6.31. The maximum atomic E-state index is 12.6. The summed E-state index contributed by atoms with van der Waals surface area (Å²) in [7, 11) is 1.89. The summed E-state index contributed by atoms with van der Waals surface area (Å²) in [6, 6.07) is 5.27. The minimum absolute atomic E-state index is 0.0589. The molecule has 26 heavy (non-hydrogen) atoms. The van der Waals surface area contributed by atoms with E-state index in [1.807, 2.05) is 23.7 Å². The van der Waals surface area contributed by atoms with Crippen LogP contribution in [0.1, 0.15) is 25.1 Å². The van der Waals surface area contributed by atoms with Crippen molar-refractivity contribution in [2.45, 2.75) is 25.8 Å². The predicted molar refractivity (Wildman–Crippen MR) is 96.9 cm³/mol. The maximum Gasteiger partial charge on any atom is 0.317 e. The molecule has 2 N–H and O–H groups in total. The van der Waals surface area contributed by atoms with Crippen LogP contribution in [0.2, 0.25) is 5.02 Å². The van der Waals surface area contributed by atoms with E-state index in [0.29, 0.717) is 18.0 Å². The summed E-state index contributed by atoms with van der Waals surface area (Å²) in [5.74, 6) is 0.00845. The first-order chi connectivity index (χ1) is 12.4. The van der Waals surface area contributed by atoms with Gasteiger partial charge in [0.05, 0.1) is 23.0 Å². The molecule has 138 valence electrons. The van der Waals surface area contributed by atoms with Gasteiger partial charge in [0.15, 0.2) is 0 Å². The van der Waals surface area contributed by atoms with Crippen molar-refractivity contribution in [2.24, 2.45) is 18.4 Å². The lowest BCUT2D eigenvalue weighted by Gasteiger charge is -2.23. The zero-order valence-corrected chi connectivity index (χ0v) is 15.3. The Hall–Kier alpha value is -2.28. The first kappa shape index (κ1) is 17.1. The Bertz CT molecular complexity index is 896. The molecular weight excluding hydrogens is 356 g/mol. The highest BCUT2D eigenvalue weighted by Crippen LogP contribution is 2.48. The summed E-state index contributed by atoms with van der Waals surface area (Å²) in [5, 5.41) is 13.1. The summed E-state index contributed by atoms with van der Waals surface area (Å²) in [5.41, 5.74) is 0.968. The van der Waals surface area contributed by atoms with Crippen molar-refractivity contribution in [3.8, 4) is 0 Å². The highest BCUT2D eigenvalue weighted by Gasteiger charge is 2.55. The quantitative estimate of drug-likeness (QED) is 0.862. The van der Waals surface area contributed by atoms with Gasteiger partial charge in [-0.05, 0) is 37.0 Å². The smallest absolute Gasteiger partial charge is 0.317 e. The Labute approximate surface area is 155 Å². The molecule has 0 radical (unpaired) electrons. The number of aromatic nitrogens is 2. The Morgan fingerprint density at radius 3 is 3.00 bits per heavy atom. The number of carbonyl (C=O) groups excluding carboxylic acids is 1. The molecule has 1 aliphatic heterocycles. The highest BCUT2D eigenvalue weighted by atomic mass is 35.5. The lowest BCUT2D eigenvalue weighted by atomic mass is 9.81. The zero-order valence-electron chi connectivity index (χ0n) is 14.5. The number of carboxylic acids is 1. The fourth-order valence-electron chi connectivity index (χ4n) is 4.44. The molecule has 1 aliphatic carbocycles. The van der Waals surface area contributed by atoms with Gasteiger partial charge in [0.1, 0.15) is 5.82 Å². The number of hydrogen-bond donors (Lipinski definition) is 2. The molecule has 2 fully saturated rings. The molecule has 2 heterocycles. The van der Waals surface area contributed by atoms with E-state index in [1.165, 1.54) is 0 Å². The molecular formula is C18H21ClN4O3. The van der Waals surface area contributed by atoms with E-state index >= 15 is 0 Å². The number of likely N-dealkylation sites (tertiary alicyclic amines) is 1. The van der Waals surface area contributed by atoms with Crippen molar-refractivity contribution in [3.05, 3.63) is 29.0 Å². The number of carbonyl (C=O) groups is 2. The van der Waals surface area contributed by atoms with Gasteiger partial charge in [0.2, 0.25) is 0 Å². The molecule has 1 saturated heterocycles. The minimum Gasteiger partial charge on any atom is -0.481 e. The zero-order chi connectivity index (χ0) is 18.5. The van der Waals surface area contributed by atoms with E-state index in [0.717, 1.165) is 29.7 Å². The fourth-order valence-corrected chi connectivity index (χ4v) is 4.61. The Morgan fingerprint density at radius 1 is 1.46 bits per heavy atom. The van der Waals surface area contributed by atoms with E-state index in [4.69, 9.17) is 11.6 Å². The third kappa shape index (κ3) is 2.61. The van der Waals surface area contributed by atoms with Crippen LogP contribution in [0.15, 0.2) is 18.2 Å². The van der Waals surface area contributed by atoms with Crippen LogP contribution in [0.4, 0.5) is 4.79 Å². The topological polar surface area (TPSA) is 87.5 Å². The number of benzene rings is 1. The van der Waals surface area contributed by atoms with Gasteiger partial charge in [-0.1, -0.05) is 18.0 Å². The first-order valence-electron chi connectivity index (χ1n) is 8.78. The van der Waals surface area contributed by atoms with Crippen molar-refractivity contribution >= 4 is 34.6 Å². The molecule has 0 unspecified atom stereocenters. The minimum atomic E-state index is -0.775. The molecule has 2 aromatic rings.